The zero-order valence-corrected chi connectivity index (χ0v) is 13.5. The van der Waals surface area contributed by atoms with Crippen molar-refractivity contribution in [3.05, 3.63) is 72.0 Å². The van der Waals surface area contributed by atoms with Gasteiger partial charge in [0, 0.05) is 29.6 Å². The first kappa shape index (κ1) is 15.4. The minimum absolute atomic E-state index is 0.854. The van der Waals surface area contributed by atoms with Crippen molar-refractivity contribution in [2.24, 2.45) is 0 Å². The molecule has 0 radical (unpaired) electrons. The lowest BCUT2D eigenvalue weighted by Gasteiger charge is -2.13. The topological polar surface area (TPSA) is 25.6 Å². The molecule has 2 aromatic carbocycles. The zero-order valence-electron chi connectivity index (χ0n) is 13.5. The monoisotopic (exact) mass is 307 g/mol. The molecule has 0 fully saturated rings. The predicted octanol–water partition coefficient (Wildman–Crippen LogP) is 4.59. The first-order chi connectivity index (χ1) is 11.3. The Morgan fingerprint density at radius 1 is 1.09 bits per heavy atom. The Balaban J connectivity index is 1.63. The number of rotatable bonds is 6. The number of likely N-dealkylation sites (N-methyl/N-ethyl adjacent to an activating group) is 1. The van der Waals surface area contributed by atoms with Gasteiger partial charge in [0.15, 0.2) is 0 Å². The van der Waals surface area contributed by atoms with Crippen LogP contribution in [0.5, 0.6) is 5.75 Å². The van der Waals surface area contributed by atoms with Gasteiger partial charge in [0.25, 0.3) is 0 Å². The maximum atomic E-state index is 5.59. The fraction of sp³-hybridized carbons (Fsp3) is 0.200. The van der Waals surface area contributed by atoms with Gasteiger partial charge < -0.3 is 9.15 Å². The third-order valence-corrected chi connectivity index (χ3v) is 3.85. The molecule has 0 saturated carbocycles. The Morgan fingerprint density at radius 2 is 1.87 bits per heavy atom. The van der Waals surface area contributed by atoms with Crippen LogP contribution in [0.25, 0.3) is 17.0 Å². The SMILES string of the molecule is COc1ccccc1C=CCN(C)Cc1coc2ccccc12. The summed E-state index contributed by atoms with van der Waals surface area (Å²) in [4.78, 5) is 2.25. The fourth-order valence-corrected chi connectivity index (χ4v) is 2.67. The van der Waals surface area contributed by atoms with E-state index in [2.05, 4.69) is 36.2 Å². The number of fused-ring (bicyclic) bond motifs is 1. The van der Waals surface area contributed by atoms with Gasteiger partial charge >= 0.3 is 0 Å². The number of furan rings is 1. The van der Waals surface area contributed by atoms with E-state index in [1.54, 1.807) is 7.11 Å². The van der Waals surface area contributed by atoms with Crippen molar-refractivity contribution in [3.8, 4) is 5.75 Å². The number of methoxy groups -OCH3 is 1. The number of nitrogens with zero attached hydrogens (tertiary/aromatic N) is 1. The van der Waals surface area contributed by atoms with Crippen LogP contribution in [-0.2, 0) is 6.54 Å². The van der Waals surface area contributed by atoms with E-state index < -0.39 is 0 Å². The molecule has 3 nitrogen and oxygen atoms in total. The van der Waals surface area contributed by atoms with Gasteiger partial charge in [-0.2, -0.15) is 0 Å². The summed E-state index contributed by atoms with van der Waals surface area (Å²) in [5.41, 5.74) is 3.26. The van der Waals surface area contributed by atoms with Crippen molar-refractivity contribution in [2.75, 3.05) is 20.7 Å². The molecule has 0 atom stereocenters. The number of para-hydroxylation sites is 2. The molecular formula is C20H21NO2. The van der Waals surface area contributed by atoms with Crippen LogP contribution in [0, 0.1) is 0 Å². The van der Waals surface area contributed by atoms with E-state index in [0.717, 1.165) is 30.0 Å². The van der Waals surface area contributed by atoms with Crippen LogP contribution in [0.3, 0.4) is 0 Å². The van der Waals surface area contributed by atoms with E-state index in [9.17, 15) is 0 Å². The Hall–Kier alpha value is -2.52. The standard InChI is InChI=1S/C20H21NO2/c1-21(13-7-9-16-8-3-5-11-19(16)22-2)14-17-15-23-20-12-6-4-10-18(17)20/h3-12,15H,13-14H2,1-2H3. The van der Waals surface area contributed by atoms with Crippen molar-refractivity contribution < 1.29 is 9.15 Å². The molecule has 1 heterocycles. The highest BCUT2D eigenvalue weighted by Gasteiger charge is 2.07. The van der Waals surface area contributed by atoms with Crippen LogP contribution in [0.1, 0.15) is 11.1 Å². The van der Waals surface area contributed by atoms with Gasteiger partial charge in [-0.3, -0.25) is 4.90 Å². The lowest BCUT2D eigenvalue weighted by molar-refractivity contribution is 0.363. The maximum Gasteiger partial charge on any atom is 0.134 e. The largest absolute Gasteiger partial charge is 0.496 e. The molecule has 0 bridgehead atoms. The Bertz CT molecular complexity index is 804. The van der Waals surface area contributed by atoms with Gasteiger partial charge in [0.05, 0.1) is 13.4 Å². The second kappa shape index (κ2) is 7.16. The average Bonchev–Trinajstić information content (AvgIpc) is 2.98. The Labute approximate surface area is 136 Å². The lowest BCUT2D eigenvalue weighted by atomic mass is 10.1. The highest BCUT2D eigenvalue weighted by molar-refractivity contribution is 5.80. The van der Waals surface area contributed by atoms with Crippen molar-refractivity contribution in [1.29, 1.82) is 0 Å². The third kappa shape index (κ3) is 3.63. The normalized spacial score (nSPS) is 11.6. The maximum absolute atomic E-state index is 5.59. The molecule has 3 aromatic rings. The second-order valence-corrected chi connectivity index (χ2v) is 5.60. The highest BCUT2D eigenvalue weighted by atomic mass is 16.5. The van der Waals surface area contributed by atoms with E-state index in [4.69, 9.17) is 9.15 Å². The number of hydrogen-bond donors (Lipinski definition) is 0. The molecule has 3 rings (SSSR count). The van der Waals surface area contributed by atoms with Crippen molar-refractivity contribution in [1.82, 2.24) is 4.90 Å². The predicted molar refractivity (Wildman–Crippen MR) is 94.6 cm³/mol. The van der Waals surface area contributed by atoms with Crippen LogP contribution in [-0.4, -0.2) is 25.6 Å². The summed E-state index contributed by atoms with van der Waals surface area (Å²) >= 11 is 0. The molecule has 0 amide bonds. The third-order valence-electron chi connectivity index (χ3n) is 3.85. The molecule has 0 aliphatic rings. The first-order valence-electron chi connectivity index (χ1n) is 7.71. The van der Waals surface area contributed by atoms with E-state index in [1.165, 1.54) is 10.9 Å². The van der Waals surface area contributed by atoms with Crippen molar-refractivity contribution in [3.63, 3.8) is 0 Å². The molecule has 0 aliphatic carbocycles. The molecule has 0 N–H and O–H groups in total. The molecule has 0 aliphatic heterocycles. The van der Waals surface area contributed by atoms with Crippen LogP contribution < -0.4 is 4.74 Å². The van der Waals surface area contributed by atoms with E-state index in [-0.39, 0.29) is 0 Å². The van der Waals surface area contributed by atoms with Gasteiger partial charge in [-0.1, -0.05) is 48.6 Å². The summed E-state index contributed by atoms with van der Waals surface area (Å²) in [5, 5.41) is 1.19. The fourth-order valence-electron chi connectivity index (χ4n) is 2.67. The molecule has 1 aromatic heterocycles. The van der Waals surface area contributed by atoms with E-state index >= 15 is 0 Å². The Morgan fingerprint density at radius 3 is 2.74 bits per heavy atom. The summed E-state index contributed by atoms with van der Waals surface area (Å²) in [5.74, 6) is 0.896. The summed E-state index contributed by atoms with van der Waals surface area (Å²) in [6, 6.07) is 16.2. The highest BCUT2D eigenvalue weighted by Crippen LogP contribution is 2.22. The molecule has 118 valence electrons. The zero-order chi connectivity index (χ0) is 16.1. The molecule has 0 unspecified atom stereocenters. The summed E-state index contributed by atoms with van der Waals surface area (Å²) in [6.07, 6.45) is 6.11. The van der Waals surface area contributed by atoms with Gasteiger partial charge in [-0.05, 0) is 19.2 Å². The van der Waals surface area contributed by atoms with Gasteiger partial charge in [0.1, 0.15) is 11.3 Å². The Kier molecular flexibility index (Phi) is 4.79. The number of hydrogen-bond acceptors (Lipinski definition) is 3. The van der Waals surface area contributed by atoms with Crippen LogP contribution in [0.2, 0.25) is 0 Å². The van der Waals surface area contributed by atoms with Gasteiger partial charge in [-0.15, -0.1) is 0 Å². The molecule has 23 heavy (non-hydrogen) atoms. The van der Waals surface area contributed by atoms with E-state index in [0.29, 0.717) is 0 Å². The van der Waals surface area contributed by atoms with Crippen molar-refractivity contribution >= 4 is 17.0 Å². The van der Waals surface area contributed by atoms with Crippen LogP contribution in [0.15, 0.2) is 65.3 Å². The van der Waals surface area contributed by atoms with Crippen LogP contribution in [0.4, 0.5) is 0 Å². The lowest BCUT2D eigenvalue weighted by Crippen LogP contribution is -2.17. The number of benzene rings is 2. The molecule has 0 saturated heterocycles. The average molecular weight is 307 g/mol. The smallest absolute Gasteiger partial charge is 0.134 e. The van der Waals surface area contributed by atoms with Crippen LogP contribution >= 0.6 is 0 Å². The minimum atomic E-state index is 0.854. The summed E-state index contributed by atoms with van der Waals surface area (Å²) in [6.45, 7) is 1.71. The second-order valence-electron chi connectivity index (χ2n) is 5.60. The number of ether oxygens (including phenoxy) is 1. The minimum Gasteiger partial charge on any atom is -0.496 e. The first-order valence-corrected chi connectivity index (χ1v) is 7.71. The molecule has 3 heteroatoms. The van der Waals surface area contributed by atoms with Gasteiger partial charge in [0.2, 0.25) is 0 Å². The van der Waals surface area contributed by atoms with E-state index in [1.807, 2.05) is 42.7 Å². The summed E-state index contributed by atoms with van der Waals surface area (Å²) < 4.78 is 11.0. The quantitative estimate of drug-likeness (QED) is 0.666. The summed E-state index contributed by atoms with van der Waals surface area (Å²) in [7, 11) is 3.80. The molecular weight excluding hydrogens is 286 g/mol. The molecule has 0 spiro atoms. The van der Waals surface area contributed by atoms with Gasteiger partial charge in [-0.25, -0.2) is 0 Å². The van der Waals surface area contributed by atoms with Crippen molar-refractivity contribution in [2.45, 2.75) is 6.54 Å².